The smallest absolute Gasteiger partial charge is 0.138 e. The molecule has 4 heteroatoms. The molecule has 0 saturated carbocycles. The second kappa shape index (κ2) is 6.17. The lowest BCUT2D eigenvalue weighted by molar-refractivity contribution is 0.197. The van der Waals surface area contributed by atoms with Crippen LogP contribution in [0.5, 0.6) is 0 Å². The van der Waals surface area contributed by atoms with Gasteiger partial charge in [0.05, 0.1) is 11.9 Å². The van der Waals surface area contributed by atoms with Crippen molar-refractivity contribution in [3.8, 4) is 0 Å². The van der Waals surface area contributed by atoms with Gasteiger partial charge in [-0.25, -0.2) is 9.97 Å². The standard InChI is InChI=1S/C15H18N2OS/c1-10-5-4-6-13(7-10)19-9-15-16-8-14(12(3)18)11(2)17-15/h4-8,12,18H,9H2,1-3H3. The third kappa shape index (κ3) is 3.78. The normalized spacial score (nSPS) is 12.4. The SMILES string of the molecule is Cc1cccc(SCc2ncc(C(C)O)c(C)n2)c1. The number of aliphatic hydroxyl groups is 1. The summed E-state index contributed by atoms with van der Waals surface area (Å²) in [6, 6.07) is 8.39. The van der Waals surface area contributed by atoms with Crippen LogP contribution in [0.25, 0.3) is 0 Å². The molecule has 0 aliphatic heterocycles. The van der Waals surface area contributed by atoms with Crippen molar-refractivity contribution in [2.24, 2.45) is 0 Å². The maximum atomic E-state index is 9.55. The van der Waals surface area contributed by atoms with Gasteiger partial charge in [-0.3, -0.25) is 0 Å². The van der Waals surface area contributed by atoms with Crippen LogP contribution < -0.4 is 0 Å². The lowest BCUT2D eigenvalue weighted by atomic mass is 10.1. The molecule has 0 amide bonds. The summed E-state index contributed by atoms with van der Waals surface area (Å²) < 4.78 is 0. The number of hydrogen-bond donors (Lipinski definition) is 1. The van der Waals surface area contributed by atoms with Gasteiger partial charge in [-0.15, -0.1) is 11.8 Å². The molecule has 100 valence electrons. The third-order valence-corrected chi connectivity index (χ3v) is 3.86. The molecule has 0 aliphatic rings. The number of thioether (sulfide) groups is 1. The lowest BCUT2D eigenvalue weighted by Crippen LogP contribution is -2.02. The van der Waals surface area contributed by atoms with Crippen LogP contribution in [0, 0.1) is 13.8 Å². The third-order valence-electron chi connectivity index (χ3n) is 2.87. The minimum Gasteiger partial charge on any atom is -0.389 e. The van der Waals surface area contributed by atoms with Crippen molar-refractivity contribution < 1.29 is 5.11 Å². The number of aliphatic hydroxyl groups excluding tert-OH is 1. The van der Waals surface area contributed by atoms with Gasteiger partial charge in [0.15, 0.2) is 0 Å². The Morgan fingerprint density at radius 3 is 2.74 bits per heavy atom. The molecule has 1 aromatic carbocycles. The minimum atomic E-state index is -0.515. The van der Waals surface area contributed by atoms with Crippen LogP contribution in [0.4, 0.5) is 0 Å². The fraction of sp³-hybridized carbons (Fsp3) is 0.333. The van der Waals surface area contributed by atoms with Crippen molar-refractivity contribution in [2.45, 2.75) is 37.5 Å². The van der Waals surface area contributed by atoms with Crippen LogP contribution in [0.2, 0.25) is 0 Å². The van der Waals surface area contributed by atoms with Crippen LogP contribution >= 0.6 is 11.8 Å². The molecule has 1 atom stereocenters. The second-order valence-electron chi connectivity index (χ2n) is 4.61. The molecule has 0 spiro atoms. The summed E-state index contributed by atoms with van der Waals surface area (Å²) in [6.45, 7) is 5.72. The fourth-order valence-electron chi connectivity index (χ4n) is 1.86. The first kappa shape index (κ1) is 14.0. The Balaban J connectivity index is 2.06. The highest BCUT2D eigenvalue weighted by Crippen LogP contribution is 2.23. The molecule has 3 nitrogen and oxygen atoms in total. The van der Waals surface area contributed by atoms with E-state index in [1.54, 1.807) is 24.9 Å². The van der Waals surface area contributed by atoms with Crippen molar-refractivity contribution in [3.05, 3.63) is 53.1 Å². The highest BCUT2D eigenvalue weighted by Gasteiger charge is 2.08. The highest BCUT2D eigenvalue weighted by atomic mass is 32.2. The van der Waals surface area contributed by atoms with E-state index in [9.17, 15) is 5.11 Å². The quantitative estimate of drug-likeness (QED) is 0.868. The molecule has 2 aromatic rings. The van der Waals surface area contributed by atoms with Crippen LogP contribution in [0.1, 0.15) is 35.7 Å². The first-order chi connectivity index (χ1) is 9.06. The largest absolute Gasteiger partial charge is 0.389 e. The second-order valence-corrected chi connectivity index (χ2v) is 5.66. The van der Waals surface area contributed by atoms with Gasteiger partial charge in [-0.1, -0.05) is 17.7 Å². The van der Waals surface area contributed by atoms with E-state index >= 15 is 0 Å². The predicted octanol–water partition coefficient (Wildman–Crippen LogP) is 3.44. The number of nitrogens with zero attached hydrogens (tertiary/aromatic N) is 2. The molecular weight excluding hydrogens is 256 g/mol. The number of aromatic nitrogens is 2. The fourth-order valence-corrected chi connectivity index (χ4v) is 2.74. The lowest BCUT2D eigenvalue weighted by Gasteiger charge is -2.09. The van der Waals surface area contributed by atoms with Gasteiger partial charge >= 0.3 is 0 Å². The molecule has 0 aliphatic carbocycles. The van der Waals surface area contributed by atoms with Crippen LogP contribution in [-0.4, -0.2) is 15.1 Å². The zero-order valence-electron chi connectivity index (χ0n) is 11.4. The van der Waals surface area contributed by atoms with Crippen molar-refractivity contribution in [1.82, 2.24) is 9.97 Å². The van der Waals surface area contributed by atoms with Crippen molar-refractivity contribution in [2.75, 3.05) is 0 Å². The monoisotopic (exact) mass is 274 g/mol. The summed E-state index contributed by atoms with van der Waals surface area (Å²) in [5.41, 5.74) is 2.90. The van der Waals surface area contributed by atoms with E-state index in [0.29, 0.717) is 0 Å². The Labute approximate surface area is 118 Å². The number of rotatable bonds is 4. The van der Waals surface area contributed by atoms with Gasteiger partial charge in [-0.2, -0.15) is 0 Å². The molecule has 1 unspecified atom stereocenters. The maximum Gasteiger partial charge on any atom is 0.138 e. The molecular formula is C15H18N2OS. The Morgan fingerprint density at radius 1 is 1.32 bits per heavy atom. The van der Waals surface area contributed by atoms with Crippen LogP contribution in [0.3, 0.4) is 0 Å². The van der Waals surface area contributed by atoms with E-state index < -0.39 is 6.10 Å². The Morgan fingerprint density at radius 2 is 2.11 bits per heavy atom. The van der Waals surface area contributed by atoms with Gasteiger partial charge in [0.25, 0.3) is 0 Å². The van der Waals surface area contributed by atoms with Crippen molar-refractivity contribution >= 4 is 11.8 Å². The first-order valence-corrected chi connectivity index (χ1v) is 7.25. The Bertz CT molecular complexity index is 570. The molecule has 19 heavy (non-hydrogen) atoms. The molecule has 0 fully saturated rings. The molecule has 2 rings (SSSR count). The topological polar surface area (TPSA) is 46.0 Å². The molecule has 1 heterocycles. The summed E-state index contributed by atoms with van der Waals surface area (Å²) in [7, 11) is 0. The van der Waals surface area contributed by atoms with E-state index in [-0.39, 0.29) is 0 Å². The van der Waals surface area contributed by atoms with Crippen LogP contribution in [-0.2, 0) is 5.75 Å². The molecule has 0 radical (unpaired) electrons. The van der Waals surface area contributed by atoms with Crippen LogP contribution in [0.15, 0.2) is 35.4 Å². The van der Waals surface area contributed by atoms with Crippen molar-refractivity contribution in [3.63, 3.8) is 0 Å². The predicted molar refractivity (Wildman–Crippen MR) is 78.1 cm³/mol. The first-order valence-electron chi connectivity index (χ1n) is 6.26. The molecule has 0 saturated heterocycles. The Hall–Kier alpha value is -1.39. The number of benzene rings is 1. The van der Waals surface area contributed by atoms with Gasteiger partial charge in [0.2, 0.25) is 0 Å². The average Bonchev–Trinajstić information content (AvgIpc) is 2.36. The van der Waals surface area contributed by atoms with E-state index in [1.165, 1.54) is 10.5 Å². The number of hydrogen-bond acceptors (Lipinski definition) is 4. The zero-order valence-corrected chi connectivity index (χ0v) is 12.2. The van der Waals surface area contributed by atoms with Gasteiger partial charge in [0, 0.05) is 22.3 Å². The molecule has 1 N–H and O–H groups in total. The van der Waals surface area contributed by atoms with E-state index in [2.05, 4.69) is 41.2 Å². The Kier molecular flexibility index (Phi) is 4.56. The van der Waals surface area contributed by atoms with E-state index in [0.717, 1.165) is 22.8 Å². The highest BCUT2D eigenvalue weighted by molar-refractivity contribution is 7.98. The summed E-state index contributed by atoms with van der Waals surface area (Å²) in [6.07, 6.45) is 1.21. The average molecular weight is 274 g/mol. The minimum absolute atomic E-state index is 0.515. The summed E-state index contributed by atoms with van der Waals surface area (Å²) in [5, 5.41) is 9.55. The molecule has 0 bridgehead atoms. The summed E-state index contributed by atoms with van der Waals surface area (Å²) in [5.74, 6) is 1.54. The summed E-state index contributed by atoms with van der Waals surface area (Å²) >= 11 is 1.72. The summed E-state index contributed by atoms with van der Waals surface area (Å²) in [4.78, 5) is 9.97. The maximum absolute atomic E-state index is 9.55. The van der Waals surface area contributed by atoms with Gasteiger partial charge in [0.1, 0.15) is 5.82 Å². The van der Waals surface area contributed by atoms with Gasteiger partial charge in [-0.05, 0) is 32.9 Å². The number of aryl methyl sites for hydroxylation is 2. The zero-order chi connectivity index (χ0) is 13.8. The molecule has 1 aromatic heterocycles. The van der Waals surface area contributed by atoms with E-state index in [4.69, 9.17) is 0 Å². The van der Waals surface area contributed by atoms with Crippen molar-refractivity contribution in [1.29, 1.82) is 0 Å². The van der Waals surface area contributed by atoms with Gasteiger partial charge < -0.3 is 5.11 Å². The van der Waals surface area contributed by atoms with E-state index in [1.807, 2.05) is 6.92 Å².